The van der Waals surface area contributed by atoms with Crippen LogP contribution in [0.5, 0.6) is 0 Å². The zero-order valence-electron chi connectivity index (χ0n) is 17.7. The smallest absolute Gasteiger partial charge is 0.330 e. The Balaban J connectivity index is 1.89. The van der Waals surface area contributed by atoms with Crippen LogP contribution in [0.1, 0.15) is 15.2 Å². The molecule has 3 N–H and O–H groups in total. The maximum absolute atomic E-state index is 13.8. The Bertz CT molecular complexity index is 1430. The Kier molecular flexibility index (Phi) is 6.64. The number of H-pyrrole nitrogens is 1. The van der Waals surface area contributed by atoms with Crippen molar-refractivity contribution in [2.45, 2.75) is 13.1 Å². The number of nitrogen functional groups attached to an aromatic ring is 1. The number of aromatic amines is 1. The van der Waals surface area contributed by atoms with Gasteiger partial charge in [0.15, 0.2) is 5.69 Å². The highest BCUT2D eigenvalue weighted by Gasteiger charge is 2.29. The number of hydrogen-bond donors (Lipinski definition) is 2. The van der Waals surface area contributed by atoms with E-state index < -0.39 is 17.2 Å². The summed E-state index contributed by atoms with van der Waals surface area (Å²) in [7, 11) is 1.49. The minimum Gasteiger partial charge on any atom is -0.383 e. The van der Waals surface area contributed by atoms with Crippen molar-refractivity contribution in [2.75, 3.05) is 24.4 Å². The normalized spacial score (nSPS) is 11.1. The molecule has 0 aliphatic rings. The predicted molar refractivity (Wildman–Crippen MR) is 131 cm³/mol. The fourth-order valence-corrected chi connectivity index (χ4v) is 5.00. The standard InChI is InChI=1S/C23H21ClN4O4S/c1-32-12-11-27-20(25)18(21(29)26-23(27)31)28(13-14-7-3-2-4-8-14)22(30)19-17(24)15-9-5-6-10-16(15)33-19/h2-10H,11-13,25H2,1H3,(H,26,29,31). The van der Waals surface area contributed by atoms with Crippen LogP contribution >= 0.6 is 22.9 Å². The number of nitrogens with two attached hydrogens (primary N) is 1. The number of carbonyl (C=O) groups is 1. The zero-order valence-corrected chi connectivity index (χ0v) is 19.3. The van der Waals surface area contributed by atoms with Crippen molar-refractivity contribution in [3.63, 3.8) is 0 Å². The summed E-state index contributed by atoms with van der Waals surface area (Å²) in [5.74, 6) is -0.610. The zero-order chi connectivity index (χ0) is 23.5. The number of halogens is 1. The van der Waals surface area contributed by atoms with Gasteiger partial charge in [-0.15, -0.1) is 11.3 Å². The molecule has 170 valence electrons. The number of rotatable bonds is 7. The first-order valence-corrected chi connectivity index (χ1v) is 11.3. The molecule has 4 aromatic rings. The Hall–Kier alpha value is -3.40. The average Bonchev–Trinajstić information content (AvgIpc) is 3.15. The summed E-state index contributed by atoms with van der Waals surface area (Å²) in [5, 5.41) is 1.06. The molecule has 1 amide bonds. The first-order chi connectivity index (χ1) is 15.9. The van der Waals surface area contributed by atoms with E-state index in [9.17, 15) is 14.4 Å². The second-order valence-electron chi connectivity index (χ2n) is 7.26. The highest BCUT2D eigenvalue weighted by atomic mass is 35.5. The molecule has 0 saturated heterocycles. The van der Waals surface area contributed by atoms with Gasteiger partial charge in [-0.2, -0.15) is 0 Å². The Morgan fingerprint density at radius 3 is 2.55 bits per heavy atom. The molecule has 0 bridgehead atoms. The molecular weight excluding hydrogens is 464 g/mol. The van der Waals surface area contributed by atoms with Gasteiger partial charge in [-0.3, -0.25) is 24.0 Å². The van der Waals surface area contributed by atoms with Crippen molar-refractivity contribution in [3.8, 4) is 0 Å². The van der Waals surface area contributed by atoms with Crippen LogP contribution < -0.4 is 21.9 Å². The number of aromatic nitrogens is 2. The Morgan fingerprint density at radius 1 is 1.15 bits per heavy atom. The molecule has 8 nitrogen and oxygen atoms in total. The van der Waals surface area contributed by atoms with Crippen LogP contribution in [-0.4, -0.2) is 29.2 Å². The Labute approximate surface area is 197 Å². The number of nitrogens with zero attached hydrogens (tertiary/aromatic N) is 2. The highest BCUT2D eigenvalue weighted by molar-refractivity contribution is 7.21. The predicted octanol–water partition coefficient (Wildman–Crippen LogP) is 3.48. The van der Waals surface area contributed by atoms with Crippen molar-refractivity contribution in [1.82, 2.24) is 9.55 Å². The lowest BCUT2D eigenvalue weighted by atomic mass is 10.2. The number of benzene rings is 2. The van der Waals surface area contributed by atoms with Crippen LogP contribution in [0.4, 0.5) is 11.5 Å². The van der Waals surface area contributed by atoms with Crippen LogP contribution in [0.3, 0.4) is 0 Å². The van der Waals surface area contributed by atoms with Crippen LogP contribution in [0.25, 0.3) is 10.1 Å². The van der Waals surface area contributed by atoms with E-state index in [0.717, 1.165) is 15.6 Å². The summed E-state index contributed by atoms with van der Waals surface area (Å²) < 4.78 is 7.07. The molecule has 0 aliphatic heterocycles. The van der Waals surface area contributed by atoms with Crippen LogP contribution in [0.15, 0.2) is 64.2 Å². The lowest BCUT2D eigenvalue weighted by Crippen LogP contribution is -2.41. The van der Waals surface area contributed by atoms with Gasteiger partial charge in [0, 0.05) is 17.2 Å². The minimum atomic E-state index is -0.757. The van der Waals surface area contributed by atoms with Gasteiger partial charge in [-0.05, 0) is 11.6 Å². The second-order valence-corrected chi connectivity index (χ2v) is 8.69. The van der Waals surface area contributed by atoms with Crippen molar-refractivity contribution >= 4 is 50.4 Å². The molecule has 33 heavy (non-hydrogen) atoms. The van der Waals surface area contributed by atoms with Gasteiger partial charge in [0.1, 0.15) is 10.7 Å². The molecule has 0 radical (unpaired) electrons. The summed E-state index contributed by atoms with van der Waals surface area (Å²) in [6.07, 6.45) is 0. The minimum absolute atomic E-state index is 0.0556. The third kappa shape index (κ3) is 4.43. The van der Waals surface area contributed by atoms with Crippen molar-refractivity contribution in [1.29, 1.82) is 0 Å². The maximum atomic E-state index is 13.8. The number of ether oxygens (including phenoxy) is 1. The lowest BCUT2D eigenvalue weighted by Gasteiger charge is -2.24. The Morgan fingerprint density at radius 2 is 1.85 bits per heavy atom. The highest BCUT2D eigenvalue weighted by Crippen LogP contribution is 2.37. The molecular formula is C23H21ClN4O4S. The van der Waals surface area contributed by atoms with Gasteiger partial charge in [-0.25, -0.2) is 4.79 Å². The molecule has 10 heteroatoms. The molecule has 0 atom stereocenters. The monoisotopic (exact) mass is 484 g/mol. The number of nitrogens with one attached hydrogen (secondary N) is 1. The number of amides is 1. The van der Waals surface area contributed by atoms with Gasteiger partial charge in [0.05, 0.1) is 24.7 Å². The summed E-state index contributed by atoms with van der Waals surface area (Å²) in [5.41, 5.74) is 5.50. The largest absolute Gasteiger partial charge is 0.383 e. The molecule has 0 saturated carbocycles. The first kappa shape index (κ1) is 22.8. The van der Waals surface area contributed by atoms with Gasteiger partial charge in [0.2, 0.25) is 0 Å². The van der Waals surface area contributed by atoms with Gasteiger partial charge >= 0.3 is 5.69 Å². The summed E-state index contributed by atoms with van der Waals surface area (Å²) in [4.78, 5) is 42.9. The number of hydrogen-bond acceptors (Lipinski definition) is 6. The maximum Gasteiger partial charge on any atom is 0.330 e. The molecule has 2 aromatic heterocycles. The third-order valence-electron chi connectivity index (χ3n) is 5.16. The molecule has 0 aliphatic carbocycles. The van der Waals surface area contributed by atoms with E-state index in [1.165, 1.54) is 27.9 Å². The fraction of sp³-hybridized carbons (Fsp3) is 0.174. The van der Waals surface area contributed by atoms with Crippen LogP contribution in [0.2, 0.25) is 5.02 Å². The second kappa shape index (κ2) is 9.62. The summed E-state index contributed by atoms with van der Waals surface area (Å²) >= 11 is 7.80. The van der Waals surface area contributed by atoms with Crippen molar-refractivity contribution in [3.05, 3.63) is 90.9 Å². The quantitative estimate of drug-likeness (QED) is 0.417. The fourth-order valence-electron chi connectivity index (χ4n) is 3.54. The van der Waals surface area contributed by atoms with Gasteiger partial charge < -0.3 is 10.5 Å². The van der Waals surface area contributed by atoms with E-state index in [0.29, 0.717) is 5.02 Å². The van der Waals surface area contributed by atoms with Crippen molar-refractivity contribution in [2.24, 2.45) is 0 Å². The number of anilines is 2. The number of fused-ring (bicyclic) bond motifs is 1. The van der Waals surface area contributed by atoms with Gasteiger partial charge in [-0.1, -0.05) is 60.1 Å². The van der Waals surface area contributed by atoms with E-state index in [4.69, 9.17) is 22.1 Å². The third-order valence-corrected chi connectivity index (χ3v) is 6.82. The molecule has 0 unspecified atom stereocenters. The number of thiophene rings is 1. The van der Waals surface area contributed by atoms with E-state index in [1.807, 2.05) is 54.6 Å². The van der Waals surface area contributed by atoms with E-state index in [2.05, 4.69) is 4.98 Å². The average molecular weight is 485 g/mol. The van der Waals surface area contributed by atoms with E-state index in [-0.39, 0.29) is 36.1 Å². The first-order valence-electron chi connectivity index (χ1n) is 10.1. The number of carbonyl (C=O) groups excluding carboxylic acids is 1. The molecule has 0 spiro atoms. The van der Waals surface area contributed by atoms with E-state index >= 15 is 0 Å². The molecule has 4 rings (SSSR count). The summed E-state index contributed by atoms with van der Waals surface area (Å²) in [6, 6.07) is 16.6. The topological polar surface area (TPSA) is 110 Å². The molecule has 2 heterocycles. The number of methoxy groups -OCH3 is 1. The van der Waals surface area contributed by atoms with Crippen molar-refractivity contribution < 1.29 is 9.53 Å². The van der Waals surface area contributed by atoms with Gasteiger partial charge in [0.25, 0.3) is 11.5 Å². The van der Waals surface area contributed by atoms with Crippen LogP contribution in [0, 0.1) is 0 Å². The van der Waals surface area contributed by atoms with Crippen LogP contribution in [-0.2, 0) is 17.8 Å². The molecule has 2 aromatic carbocycles. The lowest BCUT2D eigenvalue weighted by molar-refractivity contribution is 0.0989. The molecule has 0 fully saturated rings. The van der Waals surface area contributed by atoms with E-state index in [1.54, 1.807) is 0 Å². The summed E-state index contributed by atoms with van der Waals surface area (Å²) in [6.45, 7) is 0.367. The SMILES string of the molecule is COCCn1c(N)c(N(Cc2ccccc2)C(=O)c2sc3ccccc3c2Cl)c(=O)[nH]c1=O.